The number of benzene rings is 1. The van der Waals surface area contributed by atoms with Gasteiger partial charge in [0.15, 0.2) is 5.76 Å². The minimum absolute atomic E-state index is 0.122. The van der Waals surface area contributed by atoms with Gasteiger partial charge in [0.25, 0.3) is 6.01 Å². The lowest BCUT2D eigenvalue weighted by molar-refractivity contribution is 0.242. The predicted octanol–water partition coefficient (Wildman–Crippen LogP) is 3.47. The van der Waals surface area contributed by atoms with Crippen LogP contribution < -0.4 is 10.5 Å². The Morgan fingerprint density at radius 3 is 2.71 bits per heavy atom. The molecule has 0 saturated heterocycles. The molecule has 5 heteroatoms. The summed E-state index contributed by atoms with van der Waals surface area (Å²) in [5.41, 5.74) is 6.33. The highest BCUT2D eigenvalue weighted by Crippen LogP contribution is 2.30. The lowest BCUT2D eigenvalue weighted by Gasteiger charge is -2.11. The smallest absolute Gasteiger partial charge is 0.292 e. The van der Waals surface area contributed by atoms with E-state index >= 15 is 0 Å². The average molecular weight is 297 g/mol. The van der Waals surface area contributed by atoms with E-state index in [1.807, 2.05) is 32.0 Å². The number of hydrogen-bond acceptors (Lipinski definition) is 4. The number of ether oxygens (including phenoxy) is 1. The number of halogens is 1. The molecule has 2 aromatic rings. The number of anilines is 1. The summed E-state index contributed by atoms with van der Waals surface area (Å²) in [6, 6.07) is 5.88. The molecule has 0 unspecified atom stereocenters. The lowest BCUT2D eigenvalue weighted by atomic mass is 10.2. The van der Waals surface area contributed by atoms with Crippen molar-refractivity contribution in [2.24, 2.45) is 0 Å². The van der Waals surface area contributed by atoms with Crippen LogP contribution in [0.5, 0.6) is 5.75 Å². The largest absolute Gasteiger partial charge is 0.491 e. The van der Waals surface area contributed by atoms with Gasteiger partial charge in [-0.25, -0.2) is 4.98 Å². The van der Waals surface area contributed by atoms with Crippen molar-refractivity contribution >= 4 is 21.9 Å². The van der Waals surface area contributed by atoms with Crippen LogP contribution in [-0.4, -0.2) is 11.1 Å². The van der Waals surface area contributed by atoms with Crippen molar-refractivity contribution in [1.29, 1.82) is 0 Å². The third-order valence-electron chi connectivity index (χ3n) is 2.05. The molecule has 0 bridgehead atoms. The zero-order valence-electron chi connectivity index (χ0n) is 9.61. The highest BCUT2D eigenvalue weighted by molar-refractivity contribution is 9.10. The van der Waals surface area contributed by atoms with Gasteiger partial charge < -0.3 is 14.9 Å². The van der Waals surface area contributed by atoms with Crippen LogP contribution in [0.25, 0.3) is 11.3 Å². The number of oxazole rings is 1. The molecule has 90 valence electrons. The van der Waals surface area contributed by atoms with Crippen LogP contribution in [0.15, 0.2) is 33.3 Å². The monoisotopic (exact) mass is 296 g/mol. The van der Waals surface area contributed by atoms with Crippen LogP contribution in [0.4, 0.5) is 6.01 Å². The lowest BCUT2D eigenvalue weighted by Crippen LogP contribution is -2.05. The van der Waals surface area contributed by atoms with Gasteiger partial charge in [-0.3, -0.25) is 0 Å². The highest BCUT2D eigenvalue weighted by Gasteiger charge is 2.08. The topological polar surface area (TPSA) is 61.3 Å². The number of nitrogens with two attached hydrogens (primary N) is 1. The number of nitrogen functional groups attached to an aromatic ring is 1. The van der Waals surface area contributed by atoms with Crippen molar-refractivity contribution in [3.63, 3.8) is 0 Å². The first kappa shape index (κ1) is 12.0. The Labute approximate surface area is 108 Å². The fourth-order valence-electron chi connectivity index (χ4n) is 1.47. The van der Waals surface area contributed by atoms with Gasteiger partial charge in [-0.15, -0.1) is 0 Å². The summed E-state index contributed by atoms with van der Waals surface area (Å²) in [6.07, 6.45) is 1.72. The molecule has 2 rings (SSSR count). The number of nitrogens with zero attached hydrogens (tertiary/aromatic N) is 1. The molecular formula is C12H13BrN2O2. The van der Waals surface area contributed by atoms with Crippen LogP contribution in [-0.2, 0) is 0 Å². The first-order valence-electron chi connectivity index (χ1n) is 5.23. The first-order valence-corrected chi connectivity index (χ1v) is 6.03. The molecule has 0 aliphatic carbocycles. The molecule has 0 atom stereocenters. The minimum atomic E-state index is 0.122. The standard InChI is InChI=1S/C12H13BrN2O2/c1-7(2)16-10-4-8(3-9(13)5-10)11-6-15-12(14)17-11/h3-7H,1-2H3,(H2,14,15). The van der Waals surface area contributed by atoms with Gasteiger partial charge in [0.2, 0.25) is 0 Å². The second-order valence-corrected chi connectivity index (χ2v) is 4.82. The van der Waals surface area contributed by atoms with E-state index in [0.717, 1.165) is 15.8 Å². The fourth-order valence-corrected chi connectivity index (χ4v) is 1.94. The van der Waals surface area contributed by atoms with Crippen molar-refractivity contribution in [3.8, 4) is 17.1 Å². The van der Waals surface area contributed by atoms with E-state index < -0.39 is 0 Å². The first-order chi connectivity index (χ1) is 8.04. The Morgan fingerprint density at radius 1 is 1.35 bits per heavy atom. The average Bonchev–Trinajstić information content (AvgIpc) is 2.62. The molecule has 1 heterocycles. The summed E-state index contributed by atoms with van der Waals surface area (Å²) in [7, 11) is 0. The van der Waals surface area contributed by atoms with Gasteiger partial charge in [0, 0.05) is 10.0 Å². The zero-order valence-corrected chi connectivity index (χ0v) is 11.2. The van der Waals surface area contributed by atoms with Crippen molar-refractivity contribution in [3.05, 3.63) is 28.9 Å². The summed E-state index contributed by atoms with van der Waals surface area (Å²) in [5.74, 6) is 1.40. The van der Waals surface area contributed by atoms with Crippen LogP contribution in [0.2, 0.25) is 0 Å². The van der Waals surface area contributed by atoms with E-state index in [0.29, 0.717) is 5.76 Å². The normalized spacial score (nSPS) is 10.8. The number of hydrogen-bond donors (Lipinski definition) is 1. The van der Waals surface area contributed by atoms with Crippen LogP contribution >= 0.6 is 15.9 Å². The summed E-state index contributed by atoms with van der Waals surface area (Å²) in [5, 5.41) is 0. The van der Waals surface area contributed by atoms with Gasteiger partial charge in [-0.1, -0.05) is 15.9 Å². The van der Waals surface area contributed by atoms with Gasteiger partial charge in [0.05, 0.1) is 12.3 Å². The van der Waals surface area contributed by atoms with Gasteiger partial charge in [-0.05, 0) is 32.0 Å². The van der Waals surface area contributed by atoms with Crippen molar-refractivity contribution in [2.75, 3.05) is 5.73 Å². The Bertz CT molecular complexity index is 523. The Kier molecular flexibility index (Phi) is 3.38. The van der Waals surface area contributed by atoms with E-state index in [1.54, 1.807) is 6.20 Å². The minimum Gasteiger partial charge on any atom is -0.491 e. The van der Waals surface area contributed by atoms with Gasteiger partial charge in [0.1, 0.15) is 5.75 Å². The quantitative estimate of drug-likeness (QED) is 0.942. The van der Waals surface area contributed by atoms with Gasteiger partial charge in [-0.2, -0.15) is 0 Å². The molecule has 0 fully saturated rings. The maximum atomic E-state index is 5.64. The number of aromatic nitrogens is 1. The SMILES string of the molecule is CC(C)Oc1cc(Br)cc(-c2cnc(N)o2)c1. The van der Waals surface area contributed by atoms with Crippen molar-refractivity contribution in [2.45, 2.75) is 20.0 Å². The molecule has 0 saturated carbocycles. The molecule has 1 aromatic carbocycles. The molecule has 0 spiro atoms. The van der Waals surface area contributed by atoms with E-state index in [-0.39, 0.29) is 12.1 Å². The molecule has 1 aromatic heterocycles. The van der Waals surface area contributed by atoms with Gasteiger partial charge >= 0.3 is 0 Å². The predicted molar refractivity (Wildman–Crippen MR) is 69.8 cm³/mol. The Balaban J connectivity index is 2.37. The van der Waals surface area contributed by atoms with E-state index in [9.17, 15) is 0 Å². The van der Waals surface area contributed by atoms with Crippen molar-refractivity contribution < 1.29 is 9.15 Å². The fraction of sp³-hybridized carbons (Fsp3) is 0.250. The zero-order chi connectivity index (χ0) is 12.4. The van der Waals surface area contributed by atoms with E-state index in [4.69, 9.17) is 14.9 Å². The van der Waals surface area contributed by atoms with E-state index in [2.05, 4.69) is 20.9 Å². The maximum absolute atomic E-state index is 5.64. The summed E-state index contributed by atoms with van der Waals surface area (Å²) < 4.78 is 11.8. The molecule has 2 N–H and O–H groups in total. The van der Waals surface area contributed by atoms with Crippen molar-refractivity contribution in [1.82, 2.24) is 4.98 Å². The molecule has 0 aliphatic heterocycles. The molecule has 0 radical (unpaired) electrons. The third kappa shape index (κ3) is 3.00. The van der Waals surface area contributed by atoms with E-state index in [1.165, 1.54) is 0 Å². The molecule has 0 amide bonds. The second-order valence-electron chi connectivity index (χ2n) is 3.90. The molecule has 17 heavy (non-hydrogen) atoms. The van der Waals surface area contributed by atoms with Crippen LogP contribution in [0.1, 0.15) is 13.8 Å². The molecule has 0 aliphatic rings. The molecule has 4 nitrogen and oxygen atoms in total. The Morgan fingerprint density at radius 2 is 2.12 bits per heavy atom. The summed E-state index contributed by atoms with van der Waals surface area (Å²) in [6.45, 7) is 3.96. The number of rotatable bonds is 3. The maximum Gasteiger partial charge on any atom is 0.292 e. The molecular weight excluding hydrogens is 284 g/mol. The van der Waals surface area contributed by atoms with Crippen LogP contribution in [0.3, 0.4) is 0 Å². The highest BCUT2D eigenvalue weighted by atomic mass is 79.9. The third-order valence-corrected chi connectivity index (χ3v) is 2.51. The van der Waals surface area contributed by atoms with Crippen LogP contribution in [0, 0.1) is 0 Å². The summed E-state index contributed by atoms with van der Waals surface area (Å²) >= 11 is 3.43. The second kappa shape index (κ2) is 4.79. The Hall–Kier alpha value is -1.49. The summed E-state index contributed by atoms with van der Waals surface area (Å²) in [4.78, 5) is 3.87.